The fraction of sp³-hybridized carbons (Fsp3) is 0.304. The molecule has 1 aromatic heterocycles. The van der Waals surface area contributed by atoms with Crippen LogP contribution in [0.2, 0.25) is 0 Å². The lowest BCUT2D eigenvalue weighted by Crippen LogP contribution is -2.29. The maximum atomic E-state index is 12.1. The lowest BCUT2D eigenvalue weighted by atomic mass is 10.1. The van der Waals surface area contributed by atoms with E-state index < -0.39 is 0 Å². The van der Waals surface area contributed by atoms with Gasteiger partial charge in [-0.05, 0) is 48.7 Å². The minimum absolute atomic E-state index is 0.0318. The zero-order valence-corrected chi connectivity index (χ0v) is 16.5. The van der Waals surface area contributed by atoms with E-state index in [0.29, 0.717) is 39.1 Å². The molecule has 0 spiro atoms. The summed E-state index contributed by atoms with van der Waals surface area (Å²) in [5.41, 5.74) is 3.22. The molecule has 29 heavy (non-hydrogen) atoms. The van der Waals surface area contributed by atoms with Crippen molar-refractivity contribution in [3.8, 4) is 11.5 Å². The van der Waals surface area contributed by atoms with Crippen molar-refractivity contribution in [2.24, 2.45) is 0 Å². The largest absolute Gasteiger partial charge is 0.486 e. The van der Waals surface area contributed by atoms with E-state index in [9.17, 15) is 4.79 Å². The van der Waals surface area contributed by atoms with Gasteiger partial charge in [0.1, 0.15) is 19.0 Å². The van der Waals surface area contributed by atoms with Crippen molar-refractivity contribution in [3.05, 3.63) is 59.7 Å². The van der Waals surface area contributed by atoms with Crippen LogP contribution in [0.3, 0.4) is 0 Å². The molecule has 0 bridgehead atoms. The van der Waals surface area contributed by atoms with E-state index in [1.807, 2.05) is 42.5 Å². The second-order valence-electron chi connectivity index (χ2n) is 7.10. The number of hydrogen-bond acceptors (Lipinski definition) is 5. The number of fused-ring (bicyclic) bond motifs is 2. The molecule has 1 aliphatic rings. The molecule has 2 N–H and O–H groups in total. The molecule has 3 aromatic rings. The molecule has 4 rings (SSSR count). The van der Waals surface area contributed by atoms with Crippen molar-refractivity contribution in [1.29, 1.82) is 0 Å². The molecule has 0 radical (unpaired) electrons. The van der Waals surface area contributed by atoms with Crippen molar-refractivity contribution < 1.29 is 14.3 Å². The molecule has 0 unspecified atom stereocenters. The highest BCUT2D eigenvalue weighted by Crippen LogP contribution is 2.31. The molecule has 2 heterocycles. The minimum atomic E-state index is 0.0318. The average molecular weight is 391 g/mol. The van der Waals surface area contributed by atoms with Crippen molar-refractivity contribution in [2.75, 3.05) is 31.6 Å². The van der Waals surface area contributed by atoms with Gasteiger partial charge in [0, 0.05) is 24.9 Å². The summed E-state index contributed by atoms with van der Waals surface area (Å²) in [6, 6.07) is 16.0. The van der Waals surface area contributed by atoms with Crippen molar-refractivity contribution in [1.82, 2.24) is 10.3 Å². The molecule has 150 valence electrons. The van der Waals surface area contributed by atoms with Crippen LogP contribution in [0.4, 0.5) is 5.82 Å². The number of ether oxygens (including phenoxy) is 2. The van der Waals surface area contributed by atoms with Gasteiger partial charge in [0.15, 0.2) is 11.5 Å². The first kappa shape index (κ1) is 19.1. The molecule has 1 amide bonds. The predicted molar refractivity (Wildman–Crippen MR) is 114 cm³/mol. The summed E-state index contributed by atoms with van der Waals surface area (Å²) in [4.78, 5) is 16.8. The Morgan fingerprint density at radius 1 is 1.03 bits per heavy atom. The van der Waals surface area contributed by atoms with Gasteiger partial charge in [0.2, 0.25) is 5.91 Å². The number of carbonyl (C=O) groups is 1. The van der Waals surface area contributed by atoms with Gasteiger partial charge < -0.3 is 20.1 Å². The topological polar surface area (TPSA) is 72.5 Å². The van der Waals surface area contributed by atoms with Gasteiger partial charge in [0.25, 0.3) is 0 Å². The van der Waals surface area contributed by atoms with E-state index in [4.69, 9.17) is 9.47 Å². The van der Waals surface area contributed by atoms with E-state index in [1.165, 1.54) is 5.56 Å². The Morgan fingerprint density at radius 3 is 2.76 bits per heavy atom. The van der Waals surface area contributed by atoms with Crippen LogP contribution in [-0.4, -0.2) is 37.2 Å². The van der Waals surface area contributed by atoms with Crippen molar-refractivity contribution in [2.45, 2.75) is 19.8 Å². The van der Waals surface area contributed by atoms with E-state index in [0.717, 1.165) is 33.8 Å². The van der Waals surface area contributed by atoms with Crippen molar-refractivity contribution in [3.63, 3.8) is 0 Å². The zero-order chi connectivity index (χ0) is 20.1. The first-order valence-electron chi connectivity index (χ1n) is 9.94. The van der Waals surface area contributed by atoms with Gasteiger partial charge in [-0.25, -0.2) is 4.98 Å². The Kier molecular flexibility index (Phi) is 5.79. The molecule has 0 aliphatic carbocycles. The number of pyridine rings is 1. The third-order valence-electron chi connectivity index (χ3n) is 4.92. The van der Waals surface area contributed by atoms with Gasteiger partial charge in [0.05, 0.1) is 5.52 Å². The highest BCUT2D eigenvalue weighted by Gasteiger charge is 2.12. The monoisotopic (exact) mass is 391 g/mol. The minimum Gasteiger partial charge on any atom is -0.486 e. The number of carbonyl (C=O) groups excluding carboxylic acids is 1. The fourth-order valence-electron chi connectivity index (χ4n) is 3.42. The molecule has 0 saturated heterocycles. The summed E-state index contributed by atoms with van der Waals surface area (Å²) in [6.45, 7) is 4.40. The first-order chi connectivity index (χ1) is 14.2. The molecular formula is C23H25N3O3. The Morgan fingerprint density at radius 2 is 1.86 bits per heavy atom. The predicted octanol–water partition coefficient (Wildman–Crippen LogP) is 3.48. The molecule has 6 heteroatoms. The molecule has 0 atom stereocenters. The summed E-state index contributed by atoms with van der Waals surface area (Å²) in [5.74, 6) is 2.39. The highest BCUT2D eigenvalue weighted by atomic mass is 16.6. The van der Waals surface area contributed by atoms with Gasteiger partial charge in [-0.15, -0.1) is 0 Å². The third kappa shape index (κ3) is 4.77. The lowest BCUT2D eigenvalue weighted by molar-refractivity contribution is -0.120. The Labute approximate surface area is 170 Å². The van der Waals surface area contributed by atoms with E-state index in [2.05, 4.69) is 28.6 Å². The smallest absolute Gasteiger partial charge is 0.220 e. The summed E-state index contributed by atoms with van der Waals surface area (Å²) in [6.07, 6.45) is 1.11. The first-order valence-corrected chi connectivity index (χ1v) is 9.94. The third-order valence-corrected chi connectivity index (χ3v) is 4.92. The number of anilines is 1. The number of rotatable bonds is 7. The molecule has 2 aromatic carbocycles. The quantitative estimate of drug-likeness (QED) is 0.604. The van der Waals surface area contributed by atoms with Gasteiger partial charge in [-0.1, -0.05) is 24.3 Å². The van der Waals surface area contributed by atoms with Crippen molar-refractivity contribution >= 4 is 22.6 Å². The average Bonchev–Trinajstić information content (AvgIpc) is 2.75. The summed E-state index contributed by atoms with van der Waals surface area (Å²) in [7, 11) is 0. The van der Waals surface area contributed by atoms with Gasteiger partial charge >= 0.3 is 0 Å². The molecule has 0 saturated carbocycles. The normalized spacial score (nSPS) is 12.6. The molecular weight excluding hydrogens is 366 g/mol. The van der Waals surface area contributed by atoms with Crippen LogP contribution in [0, 0.1) is 6.92 Å². The second kappa shape index (κ2) is 8.82. The number of hydrogen-bond donors (Lipinski definition) is 2. The number of para-hydroxylation sites is 1. The Balaban J connectivity index is 1.21. The number of aromatic nitrogens is 1. The van der Waals surface area contributed by atoms with Crippen LogP contribution in [-0.2, 0) is 11.2 Å². The standard InChI is InChI=1S/C23H25N3O3/c1-16-14-22(26-19-5-3-2-4-18(16)19)24-10-11-25-23(27)9-7-17-6-8-20-21(15-17)29-13-12-28-20/h2-6,8,14-15H,7,9-13H2,1H3,(H,24,26)(H,25,27). The summed E-state index contributed by atoms with van der Waals surface area (Å²) >= 11 is 0. The summed E-state index contributed by atoms with van der Waals surface area (Å²) in [5, 5.41) is 7.39. The number of nitrogens with zero attached hydrogens (tertiary/aromatic N) is 1. The maximum absolute atomic E-state index is 12.1. The zero-order valence-electron chi connectivity index (χ0n) is 16.5. The molecule has 6 nitrogen and oxygen atoms in total. The van der Waals surface area contributed by atoms with Crippen LogP contribution in [0.1, 0.15) is 17.5 Å². The number of aryl methyl sites for hydroxylation is 2. The van der Waals surface area contributed by atoms with Crippen LogP contribution in [0.15, 0.2) is 48.5 Å². The highest BCUT2D eigenvalue weighted by molar-refractivity contribution is 5.83. The van der Waals surface area contributed by atoms with Crippen LogP contribution >= 0.6 is 0 Å². The van der Waals surface area contributed by atoms with E-state index >= 15 is 0 Å². The van der Waals surface area contributed by atoms with E-state index in [-0.39, 0.29) is 5.91 Å². The van der Waals surface area contributed by atoms with Crippen LogP contribution in [0.25, 0.3) is 10.9 Å². The number of amides is 1. The number of benzene rings is 2. The lowest BCUT2D eigenvalue weighted by Gasteiger charge is -2.18. The second-order valence-corrected chi connectivity index (χ2v) is 7.10. The van der Waals surface area contributed by atoms with Gasteiger partial charge in [-0.2, -0.15) is 0 Å². The fourth-order valence-corrected chi connectivity index (χ4v) is 3.42. The maximum Gasteiger partial charge on any atom is 0.220 e. The molecule has 1 aliphatic heterocycles. The SMILES string of the molecule is Cc1cc(NCCNC(=O)CCc2ccc3c(c2)OCCO3)nc2ccccc12. The Hall–Kier alpha value is -3.28. The summed E-state index contributed by atoms with van der Waals surface area (Å²) < 4.78 is 11.1. The Bertz CT molecular complexity index is 1020. The van der Waals surface area contributed by atoms with Gasteiger partial charge in [-0.3, -0.25) is 4.79 Å². The van der Waals surface area contributed by atoms with Crippen LogP contribution < -0.4 is 20.1 Å². The number of nitrogens with one attached hydrogen (secondary N) is 2. The van der Waals surface area contributed by atoms with E-state index in [1.54, 1.807) is 0 Å². The molecule has 0 fully saturated rings. The van der Waals surface area contributed by atoms with Crippen LogP contribution in [0.5, 0.6) is 11.5 Å².